The fourth-order valence-corrected chi connectivity index (χ4v) is 0.893. The lowest BCUT2D eigenvalue weighted by atomic mass is 10.2. The zero-order valence-corrected chi connectivity index (χ0v) is 8.11. The van der Waals surface area contributed by atoms with E-state index in [1.54, 1.807) is 0 Å². The molecule has 1 aromatic rings. The van der Waals surface area contributed by atoms with Gasteiger partial charge >= 0.3 is 0 Å². The van der Waals surface area contributed by atoms with E-state index in [0.29, 0.717) is 6.54 Å². The second-order valence-electron chi connectivity index (χ2n) is 3.05. The lowest BCUT2D eigenvalue weighted by Gasteiger charge is -2.18. The summed E-state index contributed by atoms with van der Waals surface area (Å²) in [5.41, 5.74) is 1.65. The molecule has 4 heteroatoms. The SMILES string of the molecule is C#CC(C)N(C)Cc1nonc1C. The summed E-state index contributed by atoms with van der Waals surface area (Å²) in [6.45, 7) is 4.49. The maximum Gasteiger partial charge on any atom is 0.122 e. The van der Waals surface area contributed by atoms with E-state index >= 15 is 0 Å². The van der Waals surface area contributed by atoms with Crippen LogP contribution in [-0.2, 0) is 6.54 Å². The predicted molar refractivity (Wildman–Crippen MR) is 48.8 cm³/mol. The summed E-state index contributed by atoms with van der Waals surface area (Å²) < 4.78 is 4.58. The highest BCUT2D eigenvalue weighted by Gasteiger charge is 2.11. The molecule has 1 rings (SSSR count). The standard InChI is InChI=1S/C9H13N3O/c1-5-7(2)12(4)6-9-8(3)10-13-11-9/h1,7H,6H2,2-4H3. The van der Waals surface area contributed by atoms with Gasteiger partial charge in [-0.1, -0.05) is 16.2 Å². The summed E-state index contributed by atoms with van der Waals surface area (Å²) in [6.07, 6.45) is 5.29. The van der Waals surface area contributed by atoms with Crippen LogP contribution < -0.4 is 0 Å². The number of terminal acetylenes is 1. The van der Waals surface area contributed by atoms with Gasteiger partial charge in [-0.3, -0.25) is 4.90 Å². The van der Waals surface area contributed by atoms with Crippen LogP contribution in [0.4, 0.5) is 0 Å². The van der Waals surface area contributed by atoms with Crippen molar-refractivity contribution in [1.82, 2.24) is 15.2 Å². The molecule has 0 saturated carbocycles. The van der Waals surface area contributed by atoms with Gasteiger partial charge in [-0.2, -0.15) is 0 Å². The molecular weight excluding hydrogens is 166 g/mol. The highest BCUT2D eigenvalue weighted by molar-refractivity contribution is 5.06. The average Bonchev–Trinajstić information content (AvgIpc) is 2.50. The molecule has 0 saturated heterocycles. The van der Waals surface area contributed by atoms with Crippen molar-refractivity contribution in [3.8, 4) is 12.3 Å². The first-order valence-electron chi connectivity index (χ1n) is 4.09. The zero-order valence-electron chi connectivity index (χ0n) is 8.11. The molecule has 0 aliphatic carbocycles. The molecule has 0 radical (unpaired) electrons. The third kappa shape index (κ3) is 2.30. The van der Waals surface area contributed by atoms with Crippen LogP contribution in [0.3, 0.4) is 0 Å². The molecule has 0 N–H and O–H groups in total. The number of nitrogens with zero attached hydrogens (tertiary/aromatic N) is 3. The van der Waals surface area contributed by atoms with Gasteiger partial charge in [0.1, 0.15) is 11.4 Å². The van der Waals surface area contributed by atoms with Crippen LogP contribution in [0.5, 0.6) is 0 Å². The Kier molecular flexibility index (Phi) is 3.04. The highest BCUT2D eigenvalue weighted by Crippen LogP contribution is 2.06. The predicted octanol–water partition coefficient (Wildman–Crippen LogP) is 0.832. The van der Waals surface area contributed by atoms with Crippen molar-refractivity contribution >= 4 is 0 Å². The molecule has 0 spiro atoms. The van der Waals surface area contributed by atoms with Gasteiger partial charge in [-0.25, -0.2) is 4.63 Å². The molecule has 70 valence electrons. The van der Waals surface area contributed by atoms with Crippen LogP contribution in [0.2, 0.25) is 0 Å². The Morgan fingerprint density at radius 1 is 1.62 bits per heavy atom. The van der Waals surface area contributed by atoms with Crippen LogP contribution in [-0.4, -0.2) is 28.3 Å². The summed E-state index contributed by atoms with van der Waals surface area (Å²) in [5, 5.41) is 7.47. The van der Waals surface area contributed by atoms with Crippen LogP contribution in [0.15, 0.2) is 4.63 Å². The monoisotopic (exact) mass is 179 g/mol. The molecule has 0 bridgehead atoms. The van der Waals surface area contributed by atoms with E-state index in [1.165, 1.54) is 0 Å². The van der Waals surface area contributed by atoms with Crippen LogP contribution in [0, 0.1) is 19.3 Å². The molecule has 4 nitrogen and oxygen atoms in total. The fourth-order valence-electron chi connectivity index (χ4n) is 0.893. The van der Waals surface area contributed by atoms with E-state index < -0.39 is 0 Å². The quantitative estimate of drug-likeness (QED) is 0.644. The van der Waals surface area contributed by atoms with Crippen molar-refractivity contribution in [3.05, 3.63) is 11.4 Å². The maximum absolute atomic E-state index is 5.29. The van der Waals surface area contributed by atoms with Gasteiger partial charge in [-0.05, 0) is 20.9 Å². The number of aryl methyl sites for hydroxylation is 1. The topological polar surface area (TPSA) is 42.2 Å². The summed E-state index contributed by atoms with van der Waals surface area (Å²) in [5.74, 6) is 2.64. The molecule has 0 aromatic carbocycles. The van der Waals surface area contributed by atoms with Crippen molar-refractivity contribution < 1.29 is 4.63 Å². The third-order valence-corrected chi connectivity index (χ3v) is 2.05. The van der Waals surface area contributed by atoms with Crippen molar-refractivity contribution in [1.29, 1.82) is 0 Å². The van der Waals surface area contributed by atoms with Gasteiger partial charge in [0, 0.05) is 6.54 Å². The minimum Gasteiger partial charge on any atom is -0.287 e. The highest BCUT2D eigenvalue weighted by atomic mass is 16.6. The zero-order chi connectivity index (χ0) is 9.84. The van der Waals surface area contributed by atoms with Gasteiger partial charge in [0.05, 0.1) is 6.04 Å². The van der Waals surface area contributed by atoms with E-state index in [4.69, 9.17) is 6.42 Å². The lowest BCUT2D eigenvalue weighted by Crippen LogP contribution is -2.27. The van der Waals surface area contributed by atoms with E-state index in [0.717, 1.165) is 11.4 Å². The molecule has 0 aliphatic heterocycles. The molecule has 0 amide bonds. The number of hydrogen-bond acceptors (Lipinski definition) is 4. The largest absolute Gasteiger partial charge is 0.287 e. The molecule has 1 unspecified atom stereocenters. The van der Waals surface area contributed by atoms with Gasteiger partial charge in [-0.15, -0.1) is 6.42 Å². The second-order valence-corrected chi connectivity index (χ2v) is 3.05. The van der Waals surface area contributed by atoms with Crippen molar-refractivity contribution in [2.45, 2.75) is 26.4 Å². The third-order valence-electron chi connectivity index (χ3n) is 2.05. The number of hydrogen-bond donors (Lipinski definition) is 0. The average molecular weight is 179 g/mol. The Morgan fingerprint density at radius 2 is 2.31 bits per heavy atom. The maximum atomic E-state index is 5.29. The summed E-state index contributed by atoms with van der Waals surface area (Å²) >= 11 is 0. The van der Waals surface area contributed by atoms with Crippen molar-refractivity contribution in [2.24, 2.45) is 0 Å². The summed E-state index contributed by atoms with van der Waals surface area (Å²) in [7, 11) is 1.94. The molecular formula is C9H13N3O. The van der Waals surface area contributed by atoms with Gasteiger partial charge < -0.3 is 0 Å². The summed E-state index contributed by atoms with van der Waals surface area (Å²) in [6, 6.07) is 0.0936. The van der Waals surface area contributed by atoms with Crippen molar-refractivity contribution in [3.63, 3.8) is 0 Å². The van der Waals surface area contributed by atoms with E-state index in [9.17, 15) is 0 Å². The Bertz CT molecular complexity index is 313. The Hall–Kier alpha value is -1.34. The molecule has 0 aliphatic rings. The first-order chi connectivity index (χ1) is 6.15. The van der Waals surface area contributed by atoms with Crippen LogP contribution in [0.25, 0.3) is 0 Å². The van der Waals surface area contributed by atoms with Crippen LogP contribution in [0.1, 0.15) is 18.3 Å². The Balaban J connectivity index is 2.60. The first-order valence-corrected chi connectivity index (χ1v) is 4.09. The minimum absolute atomic E-state index is 0.0936. The van der Waals surface area contributed by atoms with Crippen molar-refractivity contribution in [2.75, 3.05) is 7.05 Å². The molecule has 1 aromatic heterocycles. The Morgan fingerprint density at radius 3 is 2.77 bits per heavy atom. The molecule has 0 fully saturated rings. The number of aromatic nitrogens is 2. The molecule has 1 heterocycles. The van der Waals surface area contributed by atoms with Gasteiger partial charge in [0.25, 0.3) is 0 Å². The van der Waals surface area contributed by atoms with Gasteiger partial charge in [0.15, 0.2) is 0 Å². The first kappa shape index (κ1) is 9.75. The molecule has 1 atom stereocenters. The Labute approximate surface area is 77.9 Å². The number of rotatable bonds is 3. The minimum atomic E-state index is 0.0936. The normalized spacial score (nSPS) is 12.8. The van der Waals surface area contributed by atoms with E-state index in [1.807, 2.05) is 25.8 Å². The lowest BCUT2D eigenvalue weighted by molar-refractivity contribution is 0.269. The van der Waals surface area contributed by atoms with Crippen LogP contribution >= 0.6 is 0 Å². The smallest absolute Gasteiger partial charge is 0.122 e. The second kappa shape index (κ2) is 4.06. The van der Waals surface area contributed by atoms with E-state index in [2.05, 4.69) is 20.9 Å². The van der Waals surface area contributed by atoms with Gasteiger partial charge in [0.2, 0.25) is 0 Å². The molecule has 13 heavy (non-hydrogen) atoms. The summed E-state index contributed by atoms with van der Waals surface area (Å²) in [4.78, 5) is 2.01. The fraction of sp³-hybridized carbons (Fsp3) is 0.556. The van der Waals surface area contributed by atoms with E-state index in [-0.39, 0.29) is 6.04 Å².